The molecule has 0 unspecified atom stereocenters. The smallest absolute Gasteiger partial charge is 0.270 e. The molecule has 0 aliphatic heterocycles. The van der Waals surface area contributed by atoms with Gasteiger partial charge in [0.2, 0.25) is 10.0 Å². The molecule has 0 heterocycles. The van der Waals surface area contributed by atoms with Crippen molar-refractivity contribution in [2.75, 3.05) is 18.5 Å². The minimum absolute atomic E-state index is 0.178. The predicted octanol–water partition coefficient (Wildman–Crippen LogP) is 3.69. The maximum Gasteiger partial charge on any atom is 0.270 e. The Bertz CT molecular complexity index is 999. The van der Waals surface area contributed by atoms with Crippen molar-refractivity contribution < 1.29 is 13.3 Å². The fraction of sp³-hybridized carbons (Fsp3) is 0.316. The van der Waals surface area contributed by atoms with Crippen LogP contribution in [0, 0.1) is 24.0 Å². The van der Waals surface area contributed by atoms with Gasteiger partial charge < -0.3 is 0 Å². The number of hydrogen-bond donors (Lipinski definition) is 1. The van der Waals surface area contributed by atoms with Crippen molar-refractivity contribution in [1.82, 2.24) is 4.31 Å². The maximum absolute atomic E-state index is 12.9. The molecule has 0 aliphatic carbocycles. The first-order valence-electron chi connectivity index (χ1n) is 8.85. The number of nitro groups is 1. The Morgan fingerprint density at radius 3 is 2.39 bits per heavy atom. The van der Waals surface area contributed by atoms with Crippen molar-refractivity contribution >= 4 is 27.6 Å². The topological polar surface area (TPSA) is 105 Å². The second-order valence-electron chi connectivity index (χ2n) is 6.26. The summed E-state index contributed by atoms with van der Waals surface area (Å²) in [5.41, 5.74) is 5.65. The monoisotopic (exact) mass is 404 g/mol. The molecule has 2 aromatic rings. The molecule has 0 saturated carbocycles. The van der Waals surface area contributed by atoms with Crippen molar-refractivity contribution in [2.24, 2.45) is 5.10 Å². The number of nitrogens with one attached hydrogen (secondary N) is 1. The number of rotatable bonds is 8. The van der Waals surface area contributed by atoms with Gasteiger partial charge in [-0.15, -0.1) is 0 Å². The van der Waals surface area contributed by atoms with Crippen molar-refractivity contribution in [3.05, 3.63) is 63.2 Å². The lowest BCUT2D eigenvalue weighted by molar-refractivity contribution is -0.385. The molecule has 2 aromatic carbocycles. The number of nitro benzene ring substituents is 1. The molecule has 150 valence electrons. The van der Waals surface area contributed by atoms with Crippen molar-refractivity contribution in [1.29, 1.82) is 0 Å². The fourth-order valence-corrected chi connectivity index (χ4v) is 4.39. The van der Waals surface area contributed by atoms with Gasteiger partial charge in [-0.25, -0.2) is 8.42 Å². The highest BCUT2D eigenvalue weighted by Crippen LogP contribution is 2.29. The van der Waals surface area contributed by atoms with Crippen LogP contribution in [-0.2, 0) is 10.0 Å². The van der Waals surface area contributed by atoms with E-state index in [4.69, 9.17) is 0 Å². The van der Waals surface area contributed by atoms with E-state index in [2.05, 4.69) is 10.5 Å². The first-order chi connectivity index (χ1) is 13.2. The lowest BCUT2D eigenvalue weighted by Gasteiger charge is -2.20. The van der Waals surface area contributed by atoms with Gasteiger partial charge in [-0.05, 0) is 31.0 Å². The van der Waals surface area contributed by atoms with Crippen LogP contribution in [0.2, 0.25) is 0 Å². The molecule has 0 saturated heterocycles. The van der Waals surface area contributed by atoms with Gasteiger partial charge in [-0.1, -0.05) is 37.6 Å². The molecule has 0 aromatic heterocycles. The molecule has 0 spiro atoms. The number of hydrogen-bond acceptors (Lipinski definition) is 6. The SMILES string of the molecule is CCN(CC)S(=O)(=O)c1cc([N+](=O)[O-])ccc1N/N=C\c1ccc(C)cc1C. The van der Waals surface area contributed by atoms with E-state index in [1.807, 2.05) is 32.0 Å². The summed E-state index contributed by atoms with van der Waals surface area (Å²) in [6.45, 7) is 7.89. The lowest BCUT2D eigenvalue weighted by Crippen LogP contribution is -2.31. The lowest BCUT2D eigenvalue weighted by atomic mass is 10.1. The molecular formula is C19H24N4O4S. The Hall–Kier alpha value is -2.78. The van der Waals surface area contributed by atoms with Crippen molar-refractivity contribution in [3.63, 3.8) is 0 Å². The first-order valence-corrected chi connectivity index (χ1v) is 10.3. The van der Waals surface area contributed by atoms with Crippen LogP contribution in [0.5, 0.6) is 0 Å². The average molecular weight is 404 g/mol. The van der Waals surface area contributed by atoms with Crippen LogP contribution in [0.25, 0.3) is 0 Å². The highest BCUT2D eigenvalue weighted by Gasteiger charge is 2.27. The van der Waals surface area contributed by atoms with Crippen LogP contribution in [0.15, 0.2) is 46.4 Å². The van der Waals surface area contributed by atoms with E-state index in [-0.39, 0.29) is 29.4 Å². The molecule has 1 N–H and O–H groups in total. The number of hydrazone groups is 1. The van der Waals surface area contributed by atoms with E-state index in [0.717, 1.165) is 22.8 Å². The standard InChI is InChI=1S/C19H24N4O4S/c1-5-22(6-2)28(26,27)19-12-17(23(24)25)9-10-18(19)21-20-13-16-8-7-14(3)11-15(16)4/h7-13,21H,5-6H2,1-4H3/b20-13-. The largest absolute Gasteiger partial charge is 0.277 e. The third-order valence-corrected chi connectivity index (χ3v) is 6.40. The van der Waals surface area contributed by atoms with E-state index in [9.17, 15) is 18.5 Å². The summed E-state index contributed by atoms with van der Waals surface area (Å²) in [4.78, 5) is 10.3. The highest BCUT2D eigenvalue weighted by atomic mass is 32.2. The van der Waals surface area contributed by atoms with Gasteiger partial charge in [0.15, 0.2) is 0 Å². The average Bonchev–Trinajstić information content (AvgIpc) is 2.64. The Labute approximate surface area is 165 Å². The van der Waals surface area contributed by atoms with E-state index < -0.39 is 14.9 Å². The Kier molecular flexibility index (Phi) is 6.87. The molecule has 0 bridgehead atoms. The van der Waals surface area contributed by atoms with Crippen LogP contribution >= 0.6 is 0 Å². The molecule has 0 amide bonds. The zero-order chi connectivity index (χ0) is 20.9. The number of non-ortho nitro benzene ring substituents is 1. The molecule has 0 atom stereocenters. The summed E-state index contributed by atoms with van der Waals surface area (Å²) >= 11 is 0. The molecule has 0 fully saturated rings. The number of benzene rings is 2. The second-order valence-corrected chi connectivity index (χ2v) is 8.16. The molecule has 2 rings (SSSR count). The second kappa shape index (κ2) is 8.94. The van der Waals surface area contributed by atoms with Crippen LogP contribution in [-0.4, -0.2) is 37.0 Å². The molecule has 0 aliphatic rings. The van der Waals surface area contributed by atoms with Gasteiger partial charge >= 0.3 is 0 Å². The van der Waals surface area contributed by atoms with Crippen LogP contribution < -0.4 is 5.43 Å². The van der Waals surface area contributed by atoms with Gasteiger partial charge in [0, 0.05) is 25.2 Å². The van der Waals surface area contributed by atoms with E-state index >= 15 is 0 Å². The third-order valence-electron chi connectivity index (χ3n) is 4.31. The summed E-state index contributed by atoms with van der Waals surface area (Å²) in [5, 5.41) is 15.2. The predicted molar refractivity (Wildman–Crippen MR) is 110 cm³/mol. The molecular weight excluding hydrogens is 380 g/mol. The zero-order valence-corrected chi connectivity index (χ0v) is 17.2. The van der Waals surface area contributed by atoms with E-state index in [0.29, 0.717) is 0 Å². The minimum atomic E-state index is -3.90. The fourth-order valence-electron chi connectivity index (χ4n) is 2.77. The number of aryl methyl sites for hydroxylation is 2. The summed E-state index contributed by atoms with van der Waals surface area (Å²) in [6, 6.07) is 9.55. The normalized spacial score (nSPS) is 11.9. The van der Waals surface area contributed by atoms with E-state index in [1.165, 1.54) is 16.4 Å². The van der Waals surface area contributed by atoms with Crippen LogP contribution in [0.3, 0.4) is 0 Å². The summed E-state index contributed by atoms with van der Waals surface area (Å²) in [6.07, 6.45) is 1.59. The molecule has 9 heteroatoms. The Morgan fingerprint density at radius 2 is 1.82 bits per heavy atom. The number of anilines is 1. The Balaban J connectivity index is 2.43. The number of nitrogens with zero attached hydrogens (tertiary/aromatic N) is 3. The van der Waals surface area contributed by atoms with Gasteiger partial charge in [0.05, 0.1) is 16.8 Å². The van der Waals surface area contributed by atoms with Gasteiger partial charge in [0.25, 0.3) is 5.69 Å². The molecule has 0 radical (unpaired) electrons. The summed E-state index contributed by atoms with van der Waals surface area (Å²) < 4.78 is 27.1. The maximum atomic E-state index is 12.9. The zero-order valence-electron chi connectivity index (χ0n) is 16.3. The Morgan fingerprint density at radius 1 is 1.14 bits per heavy atom. The van der Waals surface area contributed by atoms with Crippen LogP contribution in [0.1, 0.15) is 30.5 Å². The highest BCUT2D eigenvalue weighted by molar-refractivity contribution is 7.89. The van der Waals surface area contributed by atoms with Gasteiger partial charge in [-0.3, -0.25) is 15.5 Å². The van der Waals surface area contributed by atoms with Gasteiger partial charge in [-0.2, -0.15) is 9.41 Å². The third kappa shape index (κ3) is 4.73. The number of sulfonamides is 1. The first kappa shape index (κ1) is 21.5. The quantitative estimate of drug-likeness (QED) is 0.410. The van der Waals surface area contributed by atoms with Crippen molar-refractivity contribution in [2.45, 2.75) is 32.6 Å². The summed E-state index contributed by atoms with van der Waals surface area (Å²) in [7, 11) is -3.90. The van der Waals surface area contributed by atoms with Gasteiger partial charge in [0.1, 0.15) is 4.90 Å². The summed E-state index contributed by atoms with van der Waals surface area (Å²) in [5.74, 6) is 0. The van der Waals surface area contributed by atoms with E-state index in [1.54, 1.807) is 20.1 Å². The molecule has 28 heavy (non-hydrogen) atoms. The minimum Gasteiger partial charge on any atom is -0.277 e. The van der Waals surface area contributed by atoms with Crippen LogP contribution in [0.4, 0.5) is 11.4 Å². The van der Waals surface area contributed by atoms with Crippen molar-refractivity contribution in [3.8, 4) is 0 Å². The molecule has 8 nitrogen and oxygen atoms in total.